The number of rotatable bonds is 3. The van der Waals surface area contributed by atoms with E-state index in [1.54, 1.807) is 0 Å². The molecule has 1 heterocycles. The summed E-state index contributed by atoms with van der Waals surface area (Å²) >= 11 is 0. The zero-order valence-electron chi connectivity index (χ0n) is 10.8. The van der Waals surface area contributed by atoms with Crippen LogP contribution >= 0.6 is 0 Å². The molecule has 0 unspecified atom stereocenters. The summed E-state index contributed by atoms with van der Waals surface area (Å²) in [4.78, 5) is 13.0. The Kier molecular flexibility index (Phi) is 3.92. The molecule has 2 rings (SSSR count). The second-order valence-corrected chi connectivity index (χ2v) is 4.95. The van der Waals surface area contributed by atoms with E-state index in [0.717, 1.165) is 24.0 Å². The fourth-order valence-corrected chi connectivity index (χ4v) is 2.63. The first kappa shape index (κ1) is 12.3. The number of anilines is 1. The van der Waals surface area contributed by atoms with Gasteiger partial charge in [-0.05, 0) is 31.6 Å². The Hall–Kier alpha value is -1.19. The molecule has 1 aromatic heterocycles. The van der Waals surface area contributed by atoms with Crippen molar-refractivity contribution in [2.45, 2.75) is 58.3 Å². The van der Waals surface area contributed by atoms with E-state index in [-0.39, 0.29) is 0 Å². The van der Waals surface area contributed by atoms with Gasteiger partial charge in [0.2, 0.25) is 5.95 Å². The van der Waals surface area contributed by atoms with Gasteiger partial charge in [-0.1, -0.05) is 20.3 Å². The lowest BCUT2D eigenvalue weighted by molar-refractivity contribution is 0.311. The van der Waals surface area contributed by atoms with E-state index in [9.17, 15) is 0 Å². The summed E-state index contributed by atoms with van der Waals surface area (Å²) in [7, 11) is 0. The van der Waals surface area contributed by atoms with Gasteiger partial charge in [-0.3, -0.25) is 0 Å². The van der Waals surface area contributed by atoms with Crippen LogP contribution in [-0.2, 0) is 6.42 Å². The predicted molar refractivity (Wildman–Crippen MR) is 68.6 cm³/mol. The summed E-state index contributed by atoms with van der Waals surface area (Å²) in [5.74, 6) is 3.52. The van der Waals surface area contributed by atoms with Gasteiger partial charge in [-0.15, -0.1) is 0 Å². The van der Waals surface area contributed by atoms with Crippen molar-refractivity contribution in [3.05, 3.63) is 11.6 Å². The molecule has 94 valence electrons. The van der Waals surface area contributed by atoms with Crippen LogP contribution in [0.2, 0.25) is 0 Å². The van der Waals surface area contributed by atoms with E-state index in [1.165, 1.54) is 32.1 Å². The van der Waals surface area contributed by atoms with Crippen LogP contribution in [0.4, 0.5) is 5.95 Å². The fourth-order valence-electron chi connectivity index (χ4n) is 2.63. The molecule has 1 fully saturated rings. The summed E-state index contributed by atoms with van der Waals surface area (Å²) < 4.78 is 0. The van der Waals surface area contributed by atoms with Gasteiger partial charge >= 0.3 is 0 Å². The Balaban J connectivity index is 2.10. The standard InChI is InChI=1S/C13H22N4/c1-3-9-5-7-10(8-6-9)12-15-11(4-2)16-13(14)17-12/h9-10H,3-8H2,1-2H3,(H2,14,15,16,17). The van der Waals surface area contributed by atoms with Gasteiger partial charge in [-0.2, -0.15) is 9.97 Å². The van der Waals surface area contributed by atoms with Crippen molar-refractivity contribution in [2.24, 2.45) is 5.92 Å². The minimum absolute atomic E-state index is 0.379. The average molecular weight is 234 g/mol. The third-order valence-corrected chi connectivity index (χ3v) is 3.82. The SMILES string of the molecule is CCc1nc(N)nc(C2CCC(CC)CC2)n1. The molecule has 0 spiro atoms. The highest BCUT2D eigenvalue weighted by molar-refractivity contribution is 5.17. The maximum atomic E-state index is 5.73. The number of nitrogens with zero attached hydrogens (tertiary/aromatic N) is 3. The van der Waals surface area contributed by atoms with Crippen molar-refractivity contribution in [3.8, 4) is 0 Å². The molecule has 1 aliphatic carbocycles. The Bertz CT molecular complexity index is 370. The molecule has 0 bridgehead atoms. The van der Waals surface area contributed by atoms with Crippen molar-refractivity contribution in [3.63, 3.8) is 0 Å². The van der Waals surface area contributed by atoms with Gasteiger partial charge in [0.05, 0.1) is 0 Å². The Morgan fingerprint density at radius 3 is 2.35 bits per heavy atom. The van der Waals surface area contributed by atoms with Crippen LogP contribution in [0.25, 0.3) is 0 Å². The summed E-state index contributed by atoms with van der Waals surface area (Å²) in [5.41, 5.74) is 5.73. The molecule has 0 radical (unpaired) electrons. The topological polar surface area (TPSA) is 64.7 Å². The minimum Gasteiger partial charge on any atom is -0.368 e. The van der Waals surface area contributed by atoms with Crippen LogP contribution in [-0.4, -0.2) is 15.0 Å². The lowest BCUT2D eigenvalue weighted by atomic mass is 9.80. The largest absolute Gasteiger partial charge is 0.368 e. The van der Waals surface area contributed by atoms with Crippen molar-refractivity contribution in [2.75, 3.05) is 5.73 Å². The molecular weight excluding hydrogens is 212 g/mol. The first-order valence-corrected chi connectivity index (χ1v) is 6.73. The Morgan fingerprint density at radius 1 is 1.06 bits per heavy atom. The van der Waals surface area contributed by atoms with Gasteiger partial charge in [-0.25, -0.2) is 4.98 Å². The zero-order chi connectivity index (χ0) is 12.3. The van der Waals surface area contributed by atoms with Crippen LogP contribution < -0.4 is 5.73 Å². The second kappa shape index (κ2) is 5.43. The quantitative estimate of drug-likeness (QED) is 0.873. The summed E-state index contributed by atoms with van der Waals surface area (Å²) in [5, 5.41) is 0. The van der Waals surface area contributed by atoms with E-state index in [0.29, 0.717) is 11.9 Å². The Morgan fingerprint density at radius 2 is 1.76 bits per heavy atom. The molecule has 0 aliphatic heterocycles. The summed E-state index contributed by atoms with van der Waals surface area (Å²) in [6, 6.07) is 0. The zero-order valence-corrected chi connectivity index (χ0v) is 10.8. The van der Waals surface area contributed by atoms with Crippen LogP contribution in [0.3, 0.4) is 0 Å². The molecule has 2 N–H and O–H groups in total. The molecule has 4 heteroatoms. The molecular formula is C13H22N4. The second-order valence-electron chi connectivity index (χ2n) is 4.95. The van der Waals surface area contributed by atoms with Crippen LogP contribution in [0.5, 0.6) is 0 Å². The van der Waals surface area contributed by atoms with Gasteiger partial charge < -0.3 is 5.73 Å². The van der Waals surface area contributed by atoms with Gasteiger partial charge in [0.25, 0.3) is 0 Å². The summed E-state index contributed by atoms with van der Waals surface area (Å²) in [6.45, 7) is 4.33. The third kappa shape index (κ3) is 2.93. The number of nitrogens with two attached hydrogens (primary N) is 1. The molecule has 0 aromatic carbocycles. The maximum Gasteiger partial charge on any atom is 0.223 e. The van der Waals surface area contributed by atoms with E-state index in [2.05, 4.69) is 21.9 Å². The highest BCUT2D eigenvalue weighted by Gasteiger charge is 2.23. The molecule has 0 amide bonds. The number of hydrogen-bond donors (Lipinski definition) is 1. The number of aryl methyl sites for hydroxylation is 1. The van der Waals surface area contributed by atoms with Gasteiger partial charge in [0, 0.05) is 12.3 Å². The fraction of sp³-hybridized carbons (Fsp3) is 0.769. The smallest absolute Gasteiger partial charge is 0.223 e. The van der Waals surface area contributed by atoms with Crippen LogP contribution in [0.15, 0.2) is 0 Å². The minimum atomic E-state index is 0.379. The predicted octanol–water partition coefficient (Wildman–Crippen LogP) is 2.70. The normalized spacial score (nSPS) is 24.8. The van der Waals surface area contributed by atoms with Crippen LogP contribution in [0.1, 0.15) is 63.5 Å². The van der Waals surface area contributed by atoms with E-state index < -0.39 is 0 Å². The molecule has 1 aromatic rings. The number of nitrogen functional groups attached to an aromatic ring is 1. The van der Waals surface area contributed by atoms with Crippen LogP contribution in [0, 0.1) is 5.92 Å². The number of hydrogen-bond acceptors (Lipinski definition) is 4. The molecule has 1 aliphatic rings. The Labute approximate surface area is 103 Å². The molecule has 0 saturated heterocycles. The molecule has 0 atom stereocenters. The summed E-state index contributed by atoms with van der Waals surface area (Å²) in [6.07, 6.45) is 7.12. The molecule has 17 heavy (non-hydrogen) atoms. The first-order chi connectivity index (χ1) is 8.22. The van der Waals surface area contributed by atoms with Crippen molar-refractivity contribution >= 4 is 5.95 Å². The van der Waals surface area contributed by atoms with E-state index in [1.807, 2.05) is 6.92 Å². The van der Waals surface area contributed by atoms with Crippen molar-refractivity contribution in [1.82, 2.24) is 15.0 Å². The molecule has 4 nitrogen and oxygen atoms in total. The van der Waals surface area contributed by atoms with Gasteiger partial charge in [0.1, 0.15) is 11.6 Å². The lowest BCUT2D eigenvalue weighted by Gasteiger charge is -2.26. The van der Waals surface area contributed by atoms with Crippen molar-refractivity contribution < 1.29 is 0 Å². The highest BCUT2D eigenvalue weighted by atomic mass is 15.1. The maximum absolute atomic E-state index is 5.73. The lowest BCUT2D eigenvalue weighted by Crippen LogP contribution is -2.17. The number of aromatic nitrogens is 3. The first-order valence-electron chi connectivity index (χ1n) is 6.73. The third-order valence-electron chi connectivity index (χ3n) is 3.82. The monoisotopic (exact) mass is 234 g/mol. The van der Waals surface area contributed by atoms with Crippen molar-refractivity contribution in [1.29, 1.82) is 0 Å². The van der Waals surface area contributed by atoms with E-state index in [4.69, 9.17) is 5.73 Å². The molecule has 1 saturated carbocycles. The highest BCUT2D eigenvalue weighted by Crippen LogP contribution is 2.35. The van der Waals surface area contributed by atoms with Gasteiger partial charge in [0.15, 0.2) is 0 Å². The average Bonchev–Trinajstić information content (AvgIpc) is 2.38. The van der Waals surface area contributed by atoms with E-state index >= 15 is 0 Å².